The molecule has 4 nitrogen and oxygen atoms in total. The van der Waals surface area contributed by atoms with Crippen LogP contribution in [0.5, 0.6) is 5.75 Å². The molecule has 98 valence electrons. The predicted octanol–water partition coefficient (Wildman–Crippen LogP) is 3.65. The predicted molar refractivity (Wildman–Crippen MR) is 75.2 cm³/mol. The number of carbonyl (C=O) groups is 1. The molecule has 2 rings (SSSR count). The summed E-state index contributed by atoms with van der Waals surface area (Å²) < 4.78 is 5.07. The lowest BCUT2D eigenvalue weighted by atomic mass is 10.2. The minimum absolute atomic E-state index is 0.214. The van der Waals surface area contributed by atoms with Crippen LogP contribution in [0.3, 0.4) is 0 Å². The van der Waals surface area contributed by atoms with Gasteiger partial charge in [-0.2, -0.15) is 0 Å². The number of methoxy groups -OCH3 is 1. The number of ether oxygens (including phenoxy) is 1. The number of halogens is 2. The smallest absolute Gasteiger partial charge is 0.274 e. The fourth-order valence-corrected chi connectivity index (χ4v) is 1.78. The van der Waals surface area contributed by atoms with Gasteiger partial charge in [0.15, 0.2) is 0 Å². The maximum atomic E-state index is 12.0. The number of hydrogen-bond acceptors (Lipinski definition) is 3. The van der Waals surface area contributed by atoms with E-state index in [1.807, 2.05) is 0 Å². The molecule has 2 aromatic rings. The van der Waals surface area contributed by atoms with Gasteiger partial charge in [0.1, 0.15) is 16.6 Å². The Kier molecular flexibility index (Phi) is 4.24. The summed E-state index contributed by atoms with van der Waals surface area (Å²) >= 11 is 11.7. The quantitative estimate of drug-likeness (QED) is 0.880. The molecule has 0 fully saturated rings. The lowest BCUT2D eigenvalue weighted by Gasteiger charge is -2.08. The van der Waals surface area contributed by atoms with E-state index in [9.17, 15) is 4.79 Å². The first-order chi connectivity index (χ1) is 9.10. The van der Waals surface area contributed by atoms with E-state index < -0.39 is 5.91 Å². The molecule has 0 bridgehead atoms. The third kappa shape index (κ3) is 3.36. The van der Waals surface area contributed by atoms with E-state index in [-0.39, 0.29) is 10.8 Å². The topological polar surface area (TPSA) is 51.2 Å². The number of pyridine rings is 1. The van der Waals surface area contributed by atoms with E-state index in [4.69, 9.17) is 27.9 Å². The van der Waals surface area contributed by atoms with Crippen molar-refractivity contribution in [3.63, 3.8) is 0 Å². The van der Waals surface area contributed by atoms with Crippen molar-refractivity contribution in [1.82, 2.24) is 4.98 Å². The van der Waals surface area contributed by atoms with Crippen LogP contribution in [0.15, 0.2) is 36.4 Å². The molecule has 0 atom stereocenters. The zero-order valence-corrected chi connectivity index (χ0v) is 11.5. The Morgan fingerprint density at radius 2 is 2.05 bits per heavy atom. The van der Waals surface area contributed by atoms with E-state index in [2.05, 4.69) is 10.3 Å². The Morgan fingerprint density at radius 1 is 1.26 bits per heavy atom. The largest absolute Gasteiger partial charge is 0.497 e. The molecule has 1 N–H and O–H groups in total. The molecule has 1 amide bonds. The fourth-order valence-electron chi connectivity index (χ4n) is 1.45. The number of carbonyl (C=O) groups excluding carboxylic acids is 1. The van der Waals surface area contributed by atoms with Crippen LogP contribution in [-0.2, 0) is 0 Å². The summed E-state index contributed by atoms with van der Waals surface area (Å²) in [5.74, 6) is 0.205. The molecule has 0 saturated heterocycles. The summed E-state index contributed by atoms with van der Waals surface area (Å²) in [4.78, 5) is 15.9. The molecule has 0 unspecified atom stereocenters. The number of nitrogens with zero attached hydrogens (tertiary/aromatic N) is 1. The fraction of sp³-hybridized carbons (Fsp3) is 0.0769. The highest BCUT2D eigenvalue weighted by molar-refractivity contribution is 6.34. The number of benzene rings is 1. The van der Waals surface area contributed by atoms with Gasteiger partial charge >= 0.3 is 0 Å². The van der Waals surface area contributed by atoms with Gasteiger partial charge in [0.25, 0.3) is 5.91 Å². The average molecular weight is 297 g/mol. The van der Waals surface area contributed by atoms with Crippen molar-refractivity contribution in [3.8, 4) is 5.75 Å². The van der Waals surface area contributed by atoms with Gasteiger partial charge in [0.05, 0.1) is 17.8 Å². The number of rotatable bonds is 3. The van der Waals surface area contributed by atoms with Gasteiger partial charge in [-0.25, -0.2) is 4.98 Å². The minimum Gasteiger partial charge on any atom is -0.497 e. The second kappa shape index (κ2) is 5.91. The third-order valence-electron chi connectivity index (χ3n) is 2.37. The van der Waals surface area contributed by atoms with Gasteiger partial charge < -0.3 is 10.1 Å². The first kappa shape index (κ1) is 13.6. The van der Waals surface area contributed by atoms with Crippen LogP contribution in [0.1, 0.15) is 10.5 Å². The van der Waals surface area contributed by atoms with E-state index in [1.54, 1.807) is 36.4 Å². The van der Waals surface area contributed by atoms with Crippen LogP contribution in [0.25, 0.3) is 0 Å². The summed E-state index contributed by atoms with van der Waals surface area (Å²) in [6, 6.07) is 9.78. The monoisotopic (exact) mass is 296 g/mol. The van der Waals surface area contributed by atoms with Gasteiger partial charge in [-0.3, -0.25) is 4.79 Å². The molecule has 1 aromatic heterocycles. The molecule has 0 spiro atoms. The normalized spacial score (nSPS) is 10.1. The van der Waals surface area contributed by atoms with Crippen molar-refractivity contribution < 1.29 is 9.53 Å². The van der Waals surface area contributed by atoms with Crippen LogP contribution >= 0.6 is 23.2 Å². The number of anilines is 1. The van der Waals surface area contributed by atoms with Gasteiger partial charge in [0.2, 0.25) is 0 Å². The van der Waals surface area contributed by atoms with E-state index >= 15 is 0 Å². The molecular formula is C13H10Cl2N2O2. The van der Waals surface area contributed by atoms with E-state index in [1.165, 1.54) is 7.11 Å². The molecule has 6 heteroatoms. The second-order valence-corrected chi connectivity index (χ2v) is 4.44. The number of amides is 1. The molecule has 1 aromatic carbocycles. The Labute approximate surface area is 120 Å². The standard InChI is InChI=1S/C13H10Cl2N2O2/c1-19-8-5-6-9(14)11(7-8)17-13(18)10-3-2-4-12(15)16-10/h2-7H,1H3,(H,17,18). The van der Waals surface area contributed by atoms with Gasteiger partial charge in [-0.1, -0.05) is 29.3 Å². The zero-order chi connectivity index (χ0) is 13.8. The first-order valence-electron chi connectivity index (χ1n) is 5.37. The Balaban J connectivity index is 2.23. The van der Waals surface area contributed by atoms with E-state index in [0.717, 1.165) is 0 Å². The minimum atomic E-state index is -0.391. The maximum absolute atomic E-state index is 12.0. The SMILES string of the molecule is COc1ccc(Cl)c(NC(=O)c2cccc(Cl)n2)c1. The molecular weight excluding hydrogens is 287 g/mol. The molecule has 0 aliphatic heterocycles. The molecule has 0 saturated carbocycles. The Morgan fingerprint density at radius 3 is 2.74 bits per heavy atom. The molecule has 0 radical (unpaired) electrons. The average Bonchev–Trinajstić information content (AvgIpc) is 2.41. The van der Waals surface area contributed by atoms with Crippen molar-refractivity contribution in [2.45, 2.75) is 0 Å². The maximum Gasteiger partial charge on any atom is 0.274 e. The Hall–Kier alpha value is -1.78. The highest BCUT2D eigenvalue weighted by Gasteiger charge is 2.11. The number of nitrogens with one attached hydrogen (secondary N) is 1. The lowest BCUT2D eigenvalue weighted by molar-refractivity contribution is 0.102. The summed E-state index contributed by atoms with van der Waals surface area (Å²) in [5, 5.41) is 3.32. The van der Waals surface area contributed by atoms with Crippen LogP contribution < -0.4 is 10.1 Å². The summed E-state index contributed by atoms with van der Waals surface area (Å²) in [6.45, 7) is 0. The first-order valence-corrected chi connectivity index (χ1v) is 6.13. The Bertz CT molecular complexity index is 617. The van der Waals surface area contributed by atoms with Crippen molar-refractivity contribution in [1.29, 1.82) is 0 Å². The van der Waals surface area contributed by atoms with Gasteiger partial charge in [-0.05, 0) is 24.3 Å². The second-order valence-electron chi connectivity index (χ2n) is 3.65. The van der Waals surface area contributed by atoms with Gasteiger partial charge in [-0.15, -0.1) is 0 Å². The molecule has 0 aliphatic rings. The molecule has 19 heavy (non-hydrogen) atoms. The highest BCUT2D eigenvalue weighted by Crippen LogP contribution is 2.27. The van der Waals surface area contributed by atoms with Crippen LogP contribution in [0.2, 0.25) is 10.2 Å². The third-order valence-corrected chi connectivity index (χ3v) is 2.91. The van der Waals surface area contributed by atoms with Crippen molar-refractivity contribution >= 4 is 34.8 Å². The molecule has 0 aliphatic carbocycles. The summed E-state index contributed by atoms with van der Waals surface area (Å²) in [5.41, 5.74) is 0.666. The summed E-state index contributed by atoms with van der Waals surface area (Å²) in [6.07, 6.45) is 0. The van der Waals surface area contributed by atoms with Crippen molar-refractivity contribution in [2.24, 2.45) is 0 Å². The number of aromatic nitrogens is 1. The van der Waals surface area contributed by atoms with Gasteiger partial charge in [0, 0.05) is 6.07 Å². The summed E-state index contributed by atoms with van der Waals surface area (Å²) in [7, 11) is 1.54. The molecule has 1 heterocycles. The highest BCUT2D eigenvalue weighted by atomic mass is 35.5. The van der Waals surface area contributed by atoms with Crippen molar-refractivity contribution in [3.05, 3.63) is 52.3 Å². The van der Waals surface area contributed by atoms with E-state index in [0.29, 0.717) is 16.5 Å². The van der Waals surface area contributed by atoms with Crippen LogP contribution in [0.4, 0.5) is 5.69 Å². The number of hydrogen-bond donors (Lipinski definition) is 1. The van der Waals surface area contributed by atoms with Crippen LogP contribution in [0, 0.1) is 0 Å². The van der Waals surface area contributed by atoms with Crippen LogP contribution in [-0.4, -0.2) is 18.0 Å². The zero-order valence-electron chi connectivity index (χ0n) is 9.98. The van der Waals surface area contributed by atoms with Crippen molar-refractivity contribution in [2.75, 3.05) is 12.4 Å². The lowest BCUT2D eigenvalue weighted by Crippen LogP contribution is -2.14.